The van der Waals surface area contributed by atoms with Gasteiger partial charge in [-0.05, 0) is 15.9 Å². The number of ether oxygens (including phenoxy) is 1. The van der Waals surface area contributed by atoms with Crippen LogP contribution in [0.2, 0.25) is 0 Å². The molecule has 0 bridgehead atoms. The molecule has 24 heavy (non-hydrogen) atoms. The van der Waals surface area contributed by atoms with Crippen molar-refractivity contribution in [2.75, 3.05) is 36.9 Å². The summed E-state index contributed by atoms with van der Waals surface area (Å²) in [5.74, 6) is 0.999. The fourth-order valence-electron chi connectivity index (χ4n) is 2.12. The topological polar surface area (TPSA) is 121 Å². The van der Waals surface area contributed by atoms with Crippen LogP contribution in [0.3, 0.4) is 0 Å². The highest BCUT2D eigenvalue weighted by molar-refractivity contribution is 9.10. The van der Waals surface area contributed by atoms with E-state index in [1.807, 2.05) is 12.1 Å². The maximum absolute atomic E-state index is 8.73. The molecule has 3 N–H and O–H groups in total. The van der Waals surface area contributed by atoms with Gasteiger partial charge in [-0.25, -0.2) is 9.97 Å². The molecule has 2 aromatic rings. The van der Waals surface area contributed by atoms with E-state index in [4.69, 9.17) is 10.00 Å². The van der Waals surface area contributed by atoms with Crippen molar-refractivity contribution in [3.05, 3.63) is 28.8 Å². The molecule has 1 saturated heterocycles. The summed E-state index contributed by atoms with van der Waals surface area (Å²) >= 11 is 3.38. The van der Waals surface area contributed by atoms with Crippen molar-refractivity contribution >= 4 is 33.3 Å². The summed E-state index contributed by atoms with van der Waals surface area (Å²) in [7, 11) is 0. The lowest BCUT2D eigenvalue weighted by molar-refractivity contribution is 0.0372. The number of morpholine rings is 1. The predicted molar refractivity (Wildman–Crippen MR) is 90.9 cm³/mol. The van der Waals surface area contributed by atoms with Crippen LogP contribution in [0.4, 0.5) is 17.3 Å². The van der Waals surface area contributed by atoms with Crippen LogP contribution in [0.1, 0.15) is 5.69 Å². The number of nitrogens with zero attached hydrogens (tertiary/aromatic N) is 5. The third kappa shape index (κ3) is 4.35. The highest BCUT2D eigenvalue weighted by Crippen LogP contribution is 2.23. The molecule has 0 aliphatic carbocycles. The summed E-state index contributed by atoms with van der Waals surface area (Å²) in [4.78, 5) is 8.04. The summed E-state index contributed by atoms with van der Waals surface area (Å²) < 4.78 is 6.26. The van der Waals surface area contributed by atoms with Crippen LogP contribution in [0.15, 0.2) is 23.1 Å². The Kier molecular flexibility index (Phi) is 5.47. The Morgan fingerprint density at radius 3 is 2.96 bits per heavy atom. The van der Waals surface area contributed by atoms with Crippen LogP contribution >= 0.6 is 15.9 Å². The lowest BCUT2D eigenvalue weighted by Crippen LogP contribution is -2.42. The highest BCUT2D eigenvalue weighted by Gasteiger charge is 2.14. The second kappa shape index (κ2) is 7.96. The van der Waals surface area contributed by atoms with E-state index in [9.17, 15) is 0 Å². The molecule has 0 aromatic carbocycles. The van der Waals surface area contributed by atoms with E-state index in [1.54, 1.807) is 0 Å². The zero-order valence-electron chi connectivity index (χ0n) is 12.7. The first-order valence-corrected chi connectivity index (χ1v) is 8.12. The highest BCUT2D eigenvalue weighted by atomic mass is 79.9. The van der Waals surface area contributed by atoms with Gasteiger partial charge in [0.15, 0.2) is 16.1 Å². The standard InChI is InChI=1S/C14H15BrN8O/c15-14-11(19-7-10-6-17-1-2-24-10)3-12(22-23-14)21-13-8-18-9(4-16)5-20-13/h3,5,8,10,17H,1-2,6-7H2,(H2,19,20,21,22)/t10-/m0/s1. The van der Waals surface area contributed by atoms with Crippen LogP contribution in [-0.2, 0) is 4.74 Å². The van der Waals surface area contributed by atoms with Crippen LogP contribution in [0, 0.1) is 11.3 Å². The van der Waals surface area contributed by atoms with E-state index < -0.39 is 0 Å². The van der Waals surface area contributed by atoms with Gasteiger partial charge in [-0.3, -0.25) is 0 Å². The van der Waals surface area contributed by atoms with Gasteiger partial charge in [0, 0.05) is 25.7 Å². The summed E-state index contributed by atoms with van der Waals surface area (Å²) in [6.07, 6.45) is 2.97. The van der Waals surface area contributed by atoms with Gasteiger partial charge in [0.05, 0.1) is 30.8 Å². The van der Waals surface area contributed by atoms with Gasteiger partial charge in [0.2, 0.25) is 0 Å². The smallest absolute Gasteiger partial charge is 0.158 e. The minimum Gasteiger partial charge on any atom is -0.380 e. The van der Waals surface area contributed by atoms with Gasteiger partial charge in [-0.15, -0.1) is 10.2 Å². The number of nitrogens with one attached hydrogen (secondary N) is 3. The van der Waals surface area contributed by atoms with E-state index in [2.05, 4.69) is 52.0 Å². The number of rotatable bonds is 5. The molecule has 1 atom stereocenters. The molecule has 9 nitrogen and oxygen atoms in total. The molecular formula is C14H15BrN8O. The molecule has 124 valence electrons. The Hall–Kier alpha value is -2.35. The summed E-state index contributed by atoms with van der Waals surface area (Å²) in [5, 5.41) is 26.4. The SMILES string of the molecule is N#Cc1cnc(Nc2cc(NC[C@@H]3CNCCO3)c(Br)nn2)cn1. The number of halogens is 1. The van der Waals surface area contributed by atoms with E-state index in [0.717, 1.165) is 18.8 Å². The monoisotopic (exact) mass is 390 g/mol. The average molecular weight is 391 g/mol. The van der Waals surface area contributed by atoms with Crippen LogP contribution < -0.4 is 16.0 Å². The average Bonchev–Trinajstić information content (AvgIpc) is 2.63. The zero-order valence-corrected chi connectivity index (χ0v) is 14.2. The van der Waals surface area contributed by atoms with Crippen LogP contribution in [-0.4, -0.2) is 52.5 Å². The number of anilines is 3. The van der Waals surface area contributed by atoms with Gasteiger partial charge >= 0.3 is 0 Å². The zero-order chi connectivity index (χ0) is 16.8. The van der Waals surface area contributed by atoms with Gasteiger partial charge in [-0.1, -0.05) is 0 Å². The number of hydrogen-bond donors (Lipinski definition) is 3. The fraction of sp³-hybridized carbons (Fsp3) is 0.357. The maximum atomic E-state index is 8.73. The minimum atomic E-state index is 0.111. The third-order valence-corrected chi connectivity index (χ3v) is 3.88. The van der Waals surface area contributed by atoms with Crippen LogP contribution in [0.25, 0.3) is 0 Å². The van der Waals surface area contributed by atoms with Crippen LogP contribution in [0.5, 0.6) is 0 Å². The molecule has 2 aromatic heterocycles. The molecular weight excluding hydrogens is 376 g/mol. The predicted octanol–water partition coefficient (Wildman–Crippen LogP) is 1.04. The van der Waals surface area contributed by atoms with Crippen molar-refractivity contribution in [3.8, 4) is 6.07 Å². The van der Waals surface area contributed by atoms with Crippen molar-refractivity contribution in [1.82, 2.24) is 25.5 Å². The Balaban J connectivity index is 1.65. The van der Waals surface area contributed by atoms with Gasteiger partial charge < -0.3 is 20.7 Å². The normalized spacial score (nSPS) is 17.1. The first-order valence-electron chi connectivity index (χ1n) is 7.33. The number of nitriles is 1. The van der Waals surface area contributed by atoms with E-state index in [-0.39, 0.29) is 11.8 Å². The van der Waals surface area contributed by atoms with Gasteiger partial charge in [0.1, 0.15) is 11.9 Å². The molecule has 3 heterocycles. The molecule has 3 rings (SSSR count). The summed E-state index contributed by atoms with van der Waals surface area (Å²) in [6.45, 7) is 3.07. The molecule has 0 saturated carbocycles. The van der Waals surface area contributed by atoms with Gasteiger partial charge in [-0.2, -0.15) is 5.26 Å². The van der Waals surface area contributed by atoms with E-state index >= 15 is 0 Å². The van der Waals surface area contributed by atoms with E-state index in [0.29, 0.717) is 29.4 Å². The Morgan fingerprint density at radius 2 is 2.25 bits per heavy atom. The molecule has 1 aliphatic rings. The van der Waals surface area contributed by atoms with Crippen molar-refractivity contribution in [1.29, 1.82) is 5.26 Å². The Bertz CT molecular complexity index is 727. The van der Waals surface area contributed by atoms with Crippen molar-refractivity contribution in [3.63, 3.8) is 0 Å². The van der Waals surface area contributed by atoms with Gasteiger partial charge in [0.25, 0.3) is 0 Å². The number of aromatic nitrogens is 4. The minimum absolute atomic E-state index is 0.111. The molecule has 0 radical (unpaired) electrons. The second-order valence-electron chi connectivity index (χ2n) is 5.04. The lowest BCUT2D eigenvalue weighted by atomic mass is 10.3. The lowest BCUT2D eigenvalue weighted by Gasteiger charge is -2.24. The molecule has 0 spiro atoms. The van der Waals surface area contributed by atoms with Crippen molar-refractivity contribution in [2.24, 2.45) is 0 Å². The van der Waals surface area contributed by atoms with E-state index in [1.165, 1.54) is 12.4 Å². The van der Waals surface area contributed by atoms with Crippen molar-refractivity contribution in [2.45, 2.75) is 6.10 Å². The molecule has 0 amide bonds. The number of hydrogen-bond acceptors (Lipinski definition) is 9. The quantitative estimate of drug-likeness (QED) is 0.687. The third-order valence-electron chi connectivity index (χ3n) is 3.30. The second-order valence-corrected chi connectivity index (χ2v) is 5.79. The largest absolute Gasteiger partial charge is 0.380 e. The maximum Gasteiger partial charge on any atom is 0.158 e. The first-order chi connectivity index (χ1) is 11.7. The molecule has 10 heteroatoms. The summed E-state index contributed by atoms with van der Waals surface area (Å²) in [5.41, 5.74) is 1.05. The molecule has 0 unspecified atom stereocenters. The molecule has 1 aliphatic heterocycles. The summed E-state index contributed by atoms with van der Waals surface area (Å²) in [6, 6.07) is 3.73. The Labute approximate surface area is 147 Å². The van der Waals surface area contributed by atoms with Crippen molar-refractivity contribution < 1.29 is 4.74 Å². The Morgan fingerprint density at radius 1 is 1.33 bits per heavy atom. The fourth-order valence-corrected chi connectivity index (χ4v) is 2.45. The first kappa shape index (κ1) is 16.5. The molecule has 1 fully saturated rings.